The highest BCUT2D eigenvalue weighted by atomic mass is 16.5. The molecule has 5 heterocycles. The van der Waals surface area contributed by atoms with E-state index >= 15 is 0 Å². The topological polar surface area (TPSA) is 173 Å². The van der Waals surface area contributed by atoms with Crippen molar-refractivity contribution in [1.82, 2.24) is 30.7 Å². The van der Waals surface area contributed by atoms with Crippen LogP contribution in [0.15, 0.2) is 48.5 Å². The molecule has 0 saturated carbocycles. The first-order chi connectivity index (χ1) is 27.4. The molecule has 15 nitrogen and oxygen atoms in total. The van der Waals surface area contributed by atoms with Gasteiger partial charge >= 0.3 is 12.0 Å². The SMILES string of the molecule is C[C@@H]1C[C@H]2C(=O)OC[C@H](NC(=O)[C@H](Cc3ccccc3)NC(=O)Nc3ccc4c(c3)CCN4C)C(=O)N3CCC[C@H]3CN3CCCC[C@H]3C(=O)N[C@@H](C)C(=O)N2C1. The summed E-state index contributed by atoms with van der Waals surface area (Å²) in [5.41, 5.74) is 3.62. The van der Waals surface area contributed by atoms with E-state index in [-0.39, 0.29) is 30.2 Å². The molecule has 4 N–H and O–H groups in total. The van der Waals surface area contributed by atoms with Crippen LogP contribution >= 0.6 is 0 Å². The molecule has 0 aliphatic carbocycles. The Morgan fingerprint density at radius 2 is 1.70 bits per heavy atom. The van der Waals surface area contributed by atoms with Gasteiger partial charge in [-0.15, -0.1) is 0 Å². The zero-order valence-corrected chi connectivity index (χ0v) is 33.2. The van der Waals surface area contributed by atoms with Crippen LogP contribution in [0.25, 0.3) is 0 Å². The van der Waals surface area contributed by atoms with Crippen molar-refractivity contribution < 1.29 is 33.5 Å². The number of benzene rings is 2. The highest BCUT2D eigenvalue weighted by molar-refractivity contribution is 5.96. The minimum atomic E-state index is -1.27. The third-order valence-corrected chi connectivity index (χ3v) is 12.2. The van der Waals surface area contributed by atoms with Crippen molar-refractivity contribution in [2.75, 3.05) is 56.6 Å². The summed E-state index contributed by atoms with van der Waals surface area (Å²) in [5.74, 6) is -2.30. The lowest BCUT2D eigenvalue weighted by molar-refractivity contribution is -0.156. The van der Waals surface area contributed by atoms with E-state index in [1.165, 1.54) is 4.90 Å². The molecule has 306 valence electrons. The molecule has 7 rings (SSSR count). The van der Waals surface area contributed by atoms with E-state index in [4.69, 9.17) is 4.74 Å². The Labute approximate surface area is 334 Å². The molecule has 4 saturated heterocycles. The number of carbonyl (C=O) groups excluding carboxylic acids is 6. The summed E-state index contributed by atoms with van der Waals surface area (Å²) in [4.78, 5) is 91.1. The fraction of sp³-hybridized carbons (Fsp3) is 0.571. The summed E-state index contributed by atoms with van der Waals surface area (Å²) >= 11 is 0. The molecular weight excluding hydrogens is 729 g/mol. The molecule has 5 aliphatic heterocycles. The average Bonchev–Trinajstić information content (AvgIpc) is 3.93. The van der Waals surface area contributed by atoms with E-state index in [1.807, 2.05) is 62.5 Å². The Hall–Kier alpha value is -5.18. The number of hydrogen-bond acceptors (Lipinski definition) is 9. The Morgan fingerprint density at radius 1 is 0.895 bits per heavy atom. The first kappa shape index (κ1) is 40.0. The number of urea groups is 1. The molecular formula is C42H56N8O7. The van der Waals surface area contributed by atoms with Crippen LogP contribution in [0.4, 0.5) is 16.2 Å². The molecule has 7 atom stereocenters. The van der Waals surface area contributed by atoms with Crippen LogP contribution in [0.5, 0.6) is 0 Å². The first-order valence-corrected chi connectivity index (χ1v) is 20.5. The minimum absolute atomic E-state index is 0.00178. The number of nitrogens with zero attached hydrogens (tertiary/aromatic N) is 4. The van der Waals surface area contributed by atoms with Crippen LogP contribution < -0.4 is 26.2 Å². The van der Waals surface area contributed by atoms with Crippen molar-refractivity contribution in [3.05, 3.63) is 59.7 Å². The van der Waals surface area contributed by atoms with Gasteiger partial charge in [-0.05, 0) is 87.2 Å². The van der Waals surface area contributed by atoms with Crippen molar-refractivity contribution in [2.24, 2.45) is 5.92 Å². The maximum atomic E-state index is 14.6. The number of nitrogens with one attached hydrogen (secondary N) is 4. The normalized spacial score (nSPS) is 27.7. The first-order valence-electron chi connectivity index (χ1n) is 20.5. The monoisotopic (exact) mass is 784 g/mol. The van der Waals surface area contributed by atoms with E-state index in [0.717, 1.165) is 49.0 Å². The summed E-state index contributed by atoms with van der Waals surface area (Å²) in [5, 5.41) is 11.5. The molecule has 0 spiro atoms. The fourth-order valence-corrected chi connectivity index (χ4v) is 9.16. The van der Waals surface area contributed by atoms with E-state index in [9.17, 15) is 28.8 Å². The number of rotatable bonds is 6. The van der Waals surface area contributed by atoms with Gasteiger partial charge < -0.3 is 40.7 Å². The van der Waals surface area contributed by atoms with Crippen molar-refractivity contribution in [2.45, 2.75) is 101 Å². The van der Waals surface area contributed by atoms with Gasteiger partial charge in [-0.1, -0.05) is 43.7 Å². The Bertz CT molecular complexity index is 1840. The molecule has 57 heavy (non-hydrogen) atoms. The molecule has 6 amide bonds. The second-order valence-electron chi connectivity index (χ2n) is 16.5. The van der Waals surface area contributed by atoms with Gasteiger partial charge in [-0.2, -0.15) is 0 Å². The molecule has 5 aliphatic rings. The number of likely N-dealkylation sites (N-methyl/N-ethyl adjacent to an activating group) is 1. The predicted octanol–water partition coefficient (Wildman–Crippen LogP) is 2.04. The summed E-state index contributed by atoms with van der Waals surface area (Å²) in [6.45, 7) is 5.93. The van der Waals surface area contributed by atoms with Gasteiger partial charge in [0.05, 0.1) is 6.04 Å². The van der Waals surface area contributed by atoms with Crippen LogP contribution in [-0.2, 0) is 41.6 Å². The molecule has 0 aromatic heterocycles. The van der Waals surface area contributed by atoms with Crippen LogP contribution in [0.2, 0.25) is 0 Å². The number of fused-ring (bicyclic) bond motifs is 4. The van der Waals surface area contributed by atoms with Gasteiger partial charge in [-0.3, -0.25) is 24.1 Å². The Kier molecular flexibility index (Phi) is 12.3. The maximum Gasteiger partial charge on any atom is 0.328 e. The third kappa shape index (κ3) is 9.19. The number of ether oxygens (including phenoxy) is 1. The number of anilines is 2. The number of hydrogen-bond donors (Lipinski definition) is 4. The van der Waals surface area contributed by atoms with Gasteiger partial charge in [0, 0.05) is 57.1 Å². The minimum Gasteiger partial charge on any atom is -0.461 e. The highest BCUT2D eigenvalue weighted by Gasteiger charge is 2.44. The van der Waals surface area contributed by atoms with Crippen LogP contribution in [0, 0.1) is 5.92 Å². The fourth-order valence-electron chi connectivity index (χ4n) is 9.16. The average molecular weight is 785 g/mol. The van der Waals surface area contributed by atoms with E-state index in [0.29, 0.717) is 51.1 Å². The van der Waals surface area contributed by atoms with Crippen molar-refractivity contribution in [1.29, 1.82) is 0 Å². The Balaban J connectivity index is 1.14. The van der Waals surface area contributed by atoms with E-state index < -0.39 is 60.6 Å². The van der Waals surface area contributed by atoms with Gasteiger partial charge in [0.1, 0.15) is 30.8 Å². The molecule has 2 aromatic carbocycles. The zero-order chi connectivity index (χ0) is 40.2. The second kappa shape index (κ2) is 17.5. The lowest BCUT2D eigenvalue weighted by Gasteiger charge is -2.39. The van der Waals surface area contributed by atoms with Gasteiger partial charge in [0.25, 0.3) is 0 Å². The maximum absolute atomic E-state index is 14.6. The smallest absolute Gasteiger partial charge is 0.328 e. The number of piperidine rings is 1. The molecule has 4 fully saturated rings. The van der Waals surface area contributed by atoms with Gasteiger partial charge in [0.2, 0.25) is 23.6 Å². The van der Waals surface area contributed by atoms with Crippen LogP contribution in [0.3, 0.4) is 0 Å². The van der Waals surface area contributed by atoms with E-state index in [1.54, 1.807) is 11.8 Å². The highest BCUT2D eigenvalue weighted by Crippen LogP contribution is 2.30. The largest absolute Gasteiger partial charge is 0.461 e. The van der Waals surface area contributed by atoms with Crippen LogP contribution in [-0.4, -0.2) is 133 Å². The van der Waals surface area contributed by atoms with Gasteiger partial charge in [0.15, 0.2) is 0 Å². The lowest BCUT2D eigenvalue weighted by Crippen LogP contribution is -2.60. The Morgan fingerprint density at radius 3 is 2.51 bits per heavy atom. The summed E-state index contributed by atoms with van der Waals surface area (Å²) < 4.78 is 5.83. The quantitative estimate of drug-likeness (QED) is 0.320. The summed E-state index contributed by atoms with van der Waals surface area (Å²) in [7, 11) is 2.02. The van der Waals surface area contributed by atoms with Gasteiger partial charge in [-0.25, -0.2) is 9.59 Å². The van der Waals surface area contributed by atoms with Crippen molar-refractivity contribution in [3.8, 4) is 0 Å². The lowest BCUT2D eigenvalue weighted by atomic mass is 9.99. The molecule has 2 aromatic rings. The number of esters is 1. The number of carbonyl (C=O) groups is 6. The molecule has 15 heteroatoms. The third-order valence-electron chi connectivity index (χ3n) is 12.2. The zero-order valence-electron chi connectivity index (χ0n) is 33.2. The summed E-state index contributed by atoms with van der Waals surface area (Å²) in [6, 6.07) is 9.59. The predicted molar refractivity (Wildman–Crippen MR) is 213 cm³/mol. The molecule has 0 bridgehead atoms. The van der Waals surface area contributed by atoms with Crippen molar-refractivity contribution in [3.63, 3.8) is 0 Å². The second-order valence-corrected chi connectivity index (χ2v) is 16.5. The standard InChI is InChI=1S/C42H56N8O7/c1-26-20-36-41(55)57-25-33(40(54)49-18-9-12-31(49)24-48-17-8-7-13-35(48)38(52)43-27(2)39(53)50(36)23-26)45-37(51)32(21-28-10-5-4-6-11-28)46-42(56)44-30-14-15-34-29(22-30)16-19-47(34)3/h4-6,10-11,14-15,22,26-27,31-33,35-36H,7-9,12-13,16-21,23-25H2,1-3H3,(H,43,52)(H,45,51)(H2,44,46,56)/t26-,27+,31+,32+,33+,35+,36+/m1/s1. The molecule has 0 radical (unpaired) electrons. The number of cyclic esters (lactones) is 1. The van der Waals surface area contributed by atoms with Crippen molar-refractivity contribution >= 4 is 47.0 Å². The van der Waals surface area contributed by atoms with Crippen LogP contribution in [0.1, 0.15) is 63.5 Å². The molecule has 0 unspecified atom stereocenters. The summed E-state index contributed by atoms with van der Waals surface area (Å²) in [6.07, 6.45) is 5.22. The number of amides is 6. The van der Waals surface area contributed by atoms with E-state index in [2.05, 4.69) is 31.1 Å².